The molecule has 7 heteroatoms. The first-order valence-corrected chi connectivity index (χ1v) is 8.70. The normalized spacial score (nSPS) is 14.3. The van der Waals surface area contributed by atoms with Crippen molar-refractivity contribution < 1.29 is 13.6 Å². The van der Waals surface area contributed by atoms with E-state index in [-0.39, 0.29) is 18.1 Å². The van der Waals surface area contributed by atoms with E-state index in [0.29, 0.717) is 19.5 Å². The molecule has 4 rings (SSSR count). The minimum Gasteiger partial charge on any atom is -0.346 e. The van der Waals surface area contributed by atoms with Crippen LogP contribution in [0.1, 0.15) is 17.5 Å². The van der Waals surface area contributed by atoms with E-state index in [1.165, 1.54) is 0 Å². The van der Waals surface area contributed by atoms with Gasteiger partial charge in [0.25, 0.3) is 0 Å². The van der Waals surface area contributed by atoms with Crippen molar-refractivity contribution in [1.29, 1.82) is 0 Å². The molecule has 0 saturated carbocycles. The third-order valence-corrected chi connectivity index (χ3v) is 4.73. The number of fused-ring (bicyclic) bond motifs is 1. The second kappa shape index (κ2) is 7.19. The first-order valence-electron chi connectivity index (χ1n) is 8.70. The van der Waals surface area contributed by atoms with Crippen LogP contribution in [0.2, 0.25) is 0 Å². The average Bonchev–Trinajstić information content (AvgIpc) is 3.13. The van der Waals surface area contributed by atoms with E-state index in [9.17, 15) is 13.6 Å². The largest absolute Gasteiger partial charge is 0.346 e. The van der Waals surface area contributed by atoms with Crippen molar-refractivity contribution in [1.82, 2.24) is 20.2 Å². The van der Waals surface area contributed by atoms with Crippen LogP contribution in [0.3, 0.4) is 0 Å². The molecule has 2 aromatic heterocycles. The molecular weight excluding hydrogens is 350 g/mol. The zero-order valence-corrected chi connectivity index (χ0v) is 14.5. The summed E-state index contributed by atoms with van der Waals surface area (Å²) in [5.41, 5.74) is 3.23. The lowest BCUT2D eigenvalue weighted by Crippen LogP contribution is -2.41. The standard InChI is InChI=1S/C20H18F2N4O/c21-15-3-4-18(22)14(10-15)11-25-20(27)26-8-5-13(6-9-26)17-12-24-19-16(17)2-1-7-23-19/h1-5,7,10,12H,6,8-9,11H2,(H,23,24)(H,25,27). The minimum atomic E-state index is -0.537. The fourth-order valence-corrected chi connectivity index (χ4v) is 3.28. The van der Waals surface area contributed by atoms with Gasteiger partial charge < -0.3 is 15.2 Å². The number of aromatic nitrogens is 2. The lowest BCUT2D eigenvalue weighted by Gasteiger charge is -2.26. The number of nitrogens with zero attached hydrogens (tertiary/aromatic N) is 2. The van der Waals surface area contributed by atoms with Gasteiger partial charge in [0.05, 0.1) is 0 Å². The zero-order valence-electron chi connectivity index (χ0n) is 14.5. The average molecular weight is 368 g/mol. The highest BCUT2D eigenvalue weighted by molar-refractivity contribution is 5.91. The Balaban J connectivity index is 1.41. The number of carbonyl (C=O) groups is 1. The number of nitrogens with one attached hydrogen (secondary N) is 2. The summed E-state index contributed by atoms with van der Waals surface area (Å²) in [6.45, 7) is 0.958. The SMILES string of the molecule is O=C(NCc1cc(F)ccc1F)N1CC=C(c2c[nH]c3ncccc23)CC1. The van der Waals surface area contributed by atoms with Gasteiger partial charge in [-0.15, -0.1) is 0 Å². The number of halogens is 2. The van der Waals surface area contributed by atoms with Gasteiger partial charge >= 0.3 is 6.03 Å². The van der Waals surface area contributed by atoms with Crippen LogP contribution in [0.15, 0.2) is 48.8 Å². The quantitative estimate of drug-likeness (QED) is 0.738. The monoisotopic (exact) mass is 368 g/mol. The van der Waals surface area contributed by atoms with Gasteiger partial charge in [0.15, 0.2) is 0 Å². The van der Waals surface area contributed by atoms with Crippen LogP contribution in [0.25, 0.3) is 16.6 Å². The molecule has 0 atom stereocenters. The summed E-state index contributed by atoms with van der Waals surface area (Å²) in [5.74, 6) is -1.06. The number of H-pyrrole nitrogens is 1. The summed E-state index contributed by atoms with van der Waals surface area (Å²) in [6, 6.07) is 6.82. The molecule has 2 amide bonds. The number of benzene rings is 1. The Morgan fingerprint density at radius 1 is 1.30 bits per heavy atom. The number of amides is 2. The van der Waals surface area contributed by atoms with E-state index in [2.05, 4.69) is 15.3 Å². The van der Waals surface area contributed by atoms with Crippen molar-refractivity contribution in [3.8, 4) is 0 Å². The molecule has 0 unspecified atom stereocenters. The zero-order chi connectivity index (χ0) is 18.8. The van der Waals surface area contributed by atoms with Gasteiger partial charge in [-0.2, -0.15) is 0 Å². The van der Waals surface area contributed by atoms with E-state index in [1.807, 2.05) is 24.4 Å². The van der Waals surface area contributed by atoms with Crippen molar-refractivity contribution in [2.45, 2.75) is 13.0 Å². The fourth-order valence-electron chi connectivity index (χ4n) is 3.28. The molecule has 5 nitrogen and oxygen atoms in total. The van der Waals surface area contributed by atoms with Crippen molar-refractivity contribution in [2.75, 3.05) is 13.1 Å². The molecule has 2 N–H and O–H groups in total. The molecule has 1 aliphatic heterocycles. The molecule has 27 heavy (non-hydrogen) atoms. The van der Waals surface area contributed by atoms with Crippen LogP contribution < -0.4 is 5.32 Å². The molecule has 3 heterocycles. The maximum atomic E-state index is 13.6. The Bertz CT molecular complexity index is 1030. The lowest BCUT2D eigenvalue weighted by molar-refractivity contribution is 0.202. The van der Waals surface area contributed by atoms with Gasteiger partial charge in [-0.1, -0.05) is 6.08 Å². The summed E-state index contributed by atoms with van der Waals surface area (Å²) in [7, 11) is 0. The van der Waals surface area contributed by atoms with Gasteiger partial charge in [-0.25, -0.2) is 18.6 Å². The Hall–Kier alpha value is -3.22. The molecule has 0 spiro atoms. The molecule has 0 fully saturated rings. The predicted octanol–water partition coefficient (Wildman–Crippen LogP) is 3.84. The number of carbonyl (C=O) groups excluding carboxylic acids is 1. The molecule has 138 valence electrons. The summed E-state index contributed by atoms with van der Waals surface area (Å²) in [6.07, 6.45) is 6.41. The van der Waals surface area contributed by atoms with E-state index < -0.39 is 11.6 Å². The smallest absolute Gasteiger partial charge is 0.317 e. The summed E-state index contributed by atoms with van der Waals surface area (Å²) < 4.78 is 26.9. The predicted molar refractivity (Wildman–Crippen MR) is 98.9 cm³/mol. The third-order valence-electron chi connectivity index (χ3n) is 4.73. The topological polar surface area (TPSA) is 61.0 Å². The number of rotatable bonds is 3. The summed E-state index contributed by atoms with van der Waals surface area (Å²) >= 11 is 0. The second-order valence-electron chi connectivity index (χ2n) is 6.42. The highest BCUT2D eigenvalue weighted by Gasteiger charge is 2.19. The molecular formula is C20H18F2N4O. The Kier molecular flexibility index (Phi) is 4.58. The van der Waals surface area contributed by atoms with Gasteiger partial charge in [0, 0.05) is 48.5 Å². The molecule has 1 aliphatic rings. The number of urea groups is 1. The number of hydrogen-bond acceptors (Lipinski definition) is 2. The van der Waals surface area contributed by atoms with Gasteiger partial charge in [-0.05, 0) is 42.3 Å². The molecule has 3 aromatic rings. The van der Waals surface area contributed by atoms with E-state index in [1.54, 1.807) is 11.1 Å². The number of aromatic amines is 1. The van der Waals surface area contributed by atoms with E-state index in [4.69, 9.17) is 0 Å². The van der Waals surface area contributed by atoms with Crippen LogP contribution in [0.5, 0.6) is 0 Å². The van der Waals surface area contributed by atoms with Gasteiger partial charge in [0.2, 0.25) is 0 Å². The molecule has 0 saturated heterocycles. The maximum Gasteiger partial charge on any atom is 0.317 e. The van der Waals surface area contributed by atoms with Crippen molar-refractivity contribution in [3.63, 3.8) is 0 Å². The van der Waals surface area contributed by atoms with Crippen molar-refractivity contribution >= 4 is 22.6 Å². The van der Waals surface area contributed by atoms with Gasteiger partial charge in [-0.3, -0.25) is 0 Å². The Morgan fingerprint density at radius 2 is 2.19 bits per heavy atom. The van der Waals surface area contributed by atoms with Crippen molar-refractivity contribution in [3.05, 3.63) is 71.6 Å². The van der Waals surface area contributed by atoms with E-state index in [0.717, 1.165) is 40.4 Å². The van der Waals surface area contributed by atoms with Crippen molar-refractivity contribution in [2.24, 2.45) is 0 Å². The highest BCUT2D eigenvalue weighted by Crippen LogP contribution is 2.28. The van der Waals surface area contributed by atoms with Crippen LogP contribution in [-0.2, 0) is 6.54 Å². The van der Waals surface area contributed by atoms with Crippen LogP contribution in [0, 0.1) is 11.6 Å². The third kappa shape index (κ3) is 3.53. The molecule has 0 bridgehead atoms. The first kappa shape index (κ1) is 17.2. The molecule has 0 radical (unpaired) electrons. The molecule has 1 aromatic carbocycles. The summed E-state index contributed by atoms with van der Waals surface area (Å²) in [5, 5.41) is 3.71. The molecule has 0 aliphatic carbocycles. The Morgan fingerprint density at radius 3 is 3.00 bits per heavy atom. The van der Waals surface area contributed by atoms with E-state index >= 15 is 0 Å². The highest BCUT2D eigenvalue weighted by atomic mass is 19.1. The fraction of sp³-hybridized carbons (Fsp3) is 0.200. The van der Waals surface area contributed by atoms with Crippen LogP contribution in [0.4, 0.5) is 13.6 Å². The summed E-state index contributed by atoms with van der Waals surface area (Å²) in [4.78, 5) is 21.4. The lowest BCUT2D eigenvalue weighted by atomic mass is 10.00. The Labute approximate surface area is 154 Å². The van der Waals surface area contributed by atoms with Gasteiger partial charge in [0.1, 0.15) is 17.3 Å². The van der Waals surface area contributed by atoms with Crippen LogP contribution >= 0.6 is 0 Å². The first-order chi connectivity index (χ1) is 13.1. The van der Waals surface area contributed by atoms with Crippen LogP contribution in [-0.4, -0.2) is 34.0 Å². The maximum absolute atomic E-state index is 13.6. The minimum absolute atomic E-state index is 0.0520. The second-order valence-corrected chi connectivity index (χ2v) is 6.42. The number of hydrogen-bond donors (Lipinski definition) is 2. The number of pyridine rings is 1.